The summed E-state index contributed by atoms with van der Waals surface area (Å²) < 4.78 is 2.59. The van der Waals surface area contributed by atoms with Gasteiger partial charge in [-0.15, -0.1) is 0 Å². The minimum atomic E-state index is 0.529. The fraction of sp³-hybridized carbons (Fsp3) is 0.385. The predicted molar refractivity (Wildman–Crippen MR) is 121 cm³/mol. The highest BCUT2D eigenvalue weighted by Crippen LogP contribution is 2.36. The highest BCUT2D eigenvalue weighted by Gasteiger charge is 2.30. The zero-order chi connectivity index (χ0) is 20.4. The smallest absolute Gasteiger partial charge is 0.0475 e. The molecule has 0 radical (unpaired) electrons. The zero-order valence-corrected chi connectivity index (χ0v) is 18.2. The van der Waals surface area contributed by atoms with Gasteiger partial charge in [0.05, 0.1) is 0 Å². The molecule has 4 rings (SSSR count). The maximum atomic E-state index is 2.62. The summed E-state index contributed by atoms with van der Waals surface area (Å²) in [6.45, 7) is 9.86. The van der Waals surface area contributed by atoms with E-state index in [0.717, 1.165) is 32.7 Å². The molecule has 3 heteroatoms. The van der Waals surface area contributed by atoms with Gasteiger partial charge < -0.3 is 9.47 Å². The van der Waals surface area contributed by atoms with Crippen LogP contribution in [0.2, 0.25) is 0 Å². The number of benzene rings is 2. The minimum Gasteiger partial charge on any atom is -0.344 e. The summed E-state index contributed by atoms with van der Waals surface area (Å²) in [6, 6.07) is 21.8. The Morgan fingerprint density at radius 3 is 2.07 bits per heavy atom. The Morgan fingerprint density at radius 2 is 1.48 bits per heavy atom. The van der Waals surface area contributed by atoms with Crippen LogP contribution in [0.25, 0.3) is 0 Å². The van der Waals surface area contributed by atoms with E-state index in [1.165, 1.54) is 22.4 Å². The van der Waals surface area contributed by atoms with E-state index in [2.05, 4.69) is 103 Å². The third kappa shape index (κ3) is 4.31. The van der Waals surface area contributed by atoms with E-state index in [1.807, 2.05) is 0 Å². The number of aromatic nitrogens is 1. The molecule has 1 aliphatic rings. The quantitative estimate of drug-likeness (QED) is 0.588. The van der Waals surface area contributed by atoms with Crippen LogP contribution in [0.4, 0.5) is 0 Å². The van der Waals surface area contributed by atoms with Crippen LogP contribution in [0.3, 0.4) is 0 Å². The highest BCUT2D eigenvalue weighted by atomic mass is 15.2. The maximum absolute atomic E-state index is 2.62. The van der Waals surface area contributed by atoms with Crippen LogP contribution in [0.15, 0.2) is 60.7 Å². The van der Waals surface area contributed by atoms with Gasteiger partial charge >= 0.3 is 0 Å². The third-order valence-corrected chi connectivity index (χ3v) is 6.09. The molecule has 0 spiro atoms. The van der Waals surface area contributed by atoms with Gasteiger partial charge in [-0.2, -0.15) is 0 Å². The maximum Gasteiger partial charge on any atom is 0.0475 e. The first kappa shape index (κ1) is 19.9. The number of hydrogen-bond donors (Lipinski definition) is 0. The van der Waals surface area contributed by atoms with Gasteiger partial charge in [0.1, 0.15) is 0 Å². The summed E-state index contributed by atoms with van der Waals surface area (Å²) in [5.41, 5.74) is 8.84. The van der Waals surface area contributed by atoms with Gasteiger partial charge in [0.15, 0.2) is 0 Å². The summed E-state index contributed by atoms with van der Waals surface area (Å²) in [5.74, 6) is 0.529. The first-order chi connectivity index (χ1) is 14.0. The molecule has 1 unspecified atom stereocenters. The molecular weight excluding hydrogens is 354 g/mol. The topological polar surface area (TPSA) is 11.4 Å². The van der Waals surface area contributed by atoms with Crippen LogP contribution in [-0.2, 0) is 26.2 Å². The zero-order valence-electron chi connectivity index (χ0n) is 18.2. The molecule has 2 heterocycles. The normalized spacial score (nSPS) is 16.9. The molecule has 29 heavy (non-hydrogen) atoms. The summed E-state index contributed by atoms with van der Waals surface area (Å²) in [6.07, 6.45) is 0. The molecule has 0 amide bonds. The van der Waals surface area contributed by atoms with Crippen molar-refractivity contribution in [2.75, 3.05) is 20.6 Å². The molecule has 0 aliphatic carbocycles. The van der Waals surface area contributed by atoms with Crippen LogP contribution in [0, 0.1) is 6.92 Å². The van der Waals surface area contributed by atoms with Crippen molar-refractivity contribution in [2.45, 2.75) is 45.9 Å². The van der Waals surface area contributed by atoms with Crippen molar-refractivity contribution in [2.24, 2.45) is 0 Å². The minimum absolute atomic E-state index is 0.529. The van der Waals surface area contributed by atoms with Crippen LogP contribution in [0.5, 0.6) is 0 Å². The van der Waals surface area contributed by atoms with Gasteiger partial charge in [-0.3, -0.25) is 4.90 Å². The molecular formula is C26H33N3. The van der Waals surface area contributed by atoms with Gasteiger partial charge in [0.25, 0.3) is 0 Å². The van der Waals surface area contributed by atoms with Gasteiger partial charge in [0.2, 0.25) is 0 Å². The standard InChI is InChI=1S/C26H33N3/c1-20-15-28(16-22-11-7-5-8-12-22)19-25-24(18-27(3)4)21(2)29(26(20)25)17-23-13-9-6-10-14-23/h5-14,20H,15-19H2,1-4H3. The Kier molecular flexibility index (Phi) is 5.89. The van der Waals surface area contributed by atoms with Gasteiger partial charge in [-0.1, -0.05) is 67.6 Å². The second-order valence-corrected chi connectivity index (χ2v) is 8.79. The van der Waals surface area contributed by atoms with E-state index in [1.54, 1.807) is 11.3 Å². The lowest BCUT2D eigenvalue weighted by Crippen LogP contribution is -2.33. The Bertz CT molecular complexity index is 941. The van der Waals surface area contributed by atoms with E-state index < -0.39 is 0 Å². The molecule has 0 saturated heterocycles. The summed E-state index contributed by atoms with van der Waals surface area (Å²) >= 11 is 0. The molecule has 0 bridgehead atoms. The van der Waals surface area contributed by atoms with Crippen molar-refractivity contribution in [3.05, 3.63) is 94.3 Å². The molecule has 1 aliphatic heterocycles. The number of rotatable bonds is 6. The SMILES string of the molecule is Cc1c(CN(C)C)c2c(n1Cc1ccccc1)C(C)CN(Cc1ccccc1)C2. The number of nitrogens with zero attached hydrogens (tertiary/aromatic N) is 3. The van der Waals surface area contributed by atoms with Gasteiger partial charge in [-0.05, 0) is 43.3 Å². The van der Waals surface area contributed by atoms with Crippen LogP contribution >= 0.6 is 0 Å². The molecule has 152 valence electrons. The van der Waals surface area contributed by atoms with Crippen molar-refractivity contribution < 1.29 is 0 Å². The van der Waals surface area contributed by atoms with E-state index in [0.29, 0.717) is 5.92 Å². The Hall–Kier alpha value is -2.36. The molecule has 2 aromatic carbocycles. The second kappa shape index (κ2) is 8.56. The number of hydrogen-bond acceptors (Lipinski definition) is 2. The lowest BCUT2D eigenvalue weighted by atomic mass is 9.94. The summed E-state index contributed by atoms with van der Waals surface area (Å²) in [4.78, 5) is 4.92. The molecule has 0 N–H and O–H groups in total. The average Bonchev–Trinajstić information content (AvgIpc) is 2.95. The van der Waals surface area contributed by atoms with Crippen molar-refractivity contribution in [1.29, 1.82) is 0 Å². The molecule has 3 aromatic rings. The van der Waals surface area contributed by atoms with Crippen molar-refractivity contribution in [1.82, 2.24) is 14.4 Å². The van der Waals surface area contributed by atoms with Gasteiger partial charge in [0, 0.05) is 50.0 Å². The van der Waals surface area contributed by atoms with Crippen LogP contribution < -0.4 is 0 Å². The fourth-order valence-electron chi connectivity index (χ4n) is 4.84. The lowest BCUT2D eigenvalue weighted by molar-refractivity contribution is 0.221. The monoisotopic (exact) mass is 387 g/mol. The third-order valence-electron chi connectivity index (χ3n) is 6.09. The van der Waals surface area contributed by atoms with Crippen molar-refractivity contribution >= 4 is 0 Å². The van der Waals surface area contributed by atoms with Gasteiger partial charge in [-0.25, -0.2) is 0 Å². The average molecular weight is 388 g/mol. The molecule has 1 aromatic heterocycles. The molecule has 0 saturated carbocycles. The van der Waals surface area contributed by atoms with Crippen LogP contribution in [-0.4, -0.2) is 35.0 Å². The molecule has 1 atom stereocenters. The predicted octanol–water partition coefficient (Wildman–Crippen LogP) is 5.03. The Balaban J connectivity index is 1.70. The van der Waals surface area contributed by atoms with E-state index >= 15 is 0 Å². The van der Waals surface area contributed by atoms with E-state index in [4.69, 9.17) is 0 Å². The van der Waals surface area contributed by atoms with Crippen molar-refractivity contribution in [3.63, 3.8) is 0 Å². The lowest BCUT2D eigenvalue weighted by Gasteiger charge is -2.33. The second-order valence-electron chi connectivity index (χ2n) is 8.79. The molecule has 0 fully saturated rings. The largest absolute Gasteiger partial charge is 0.344 e. The summed E-state index contributed by atoms with van der Waals surface area (Å²) in [5, 5.41) is 0. The van der Waals surface area contributed by atoms with Crippen LogP contribution in [0.1, 0.15) is 46.5 Å². The highest BCUT2D eigenvalue weighted by molar-refractivity contribution is 5.42. The first-order valence-corrected chi connectivity index (χ1v) is 10.7. The molecule has 3 nitrogen and oxygen atoms in total. The Morgan fingerprint density at radius 1 is 0.897 bits per heavy atom. The first-order valence-electron chi connectivity index (χ1n) is 10.7. The van der Waals surface area contributed by atoms with E-state index in [-0.39, 0.29) is 0 Å². The number of fused-ring (bicyclic) bond motifs is 1. The fourth-order valence-corrected chi connectivity index (χ4v) is 4.84. The van der Waals surface area contributed by atoms with E-state index in [9.17, 15) is 0 Å². The Labute approximate surface area is 175 Å². The summed E-state index contributed by atoms with van der Waals surface area (Å²) in [7, 11) is 4.35. The van der Waals surface area contributed by atoms with Crippen molar-refractivity contribution in [3.8, 4) is 0 Å².